The summed E-state index contributed by atoms with van der Waals surface area (Å²) in [7, 11) is 0. The molecule has 3 heteroatoms. The van der Waals surface area contributed by atoms with E-state index in [1.54, 1.807) is 0 Å². The van der Waals surface area contributed by atoms with Gasteiger partial charge in [0, 0.05) is 22.4 Å². The molecule has 1 saturated heterocycles. The maximum absolute atomic E-state index is 2.75. The molecule has 0 amide bonds. The van der Waals surface area contributed by atoms with Crippen LogP contribution in [0.2, 0.25) is 0 Å². The molecule has 25 heavy (non-hydrogen) atoms. The number of nitrogens with zero attached hydrogens (tertiary/aromatic N) is 2. The number of hydrogen-bond acceptors (Lipinski definition) is 3. The Morgan fingerprint density at radius 3 is 2.32 bits per heavy atom. The van der Waals surface area contributed by atoms with Gasteiger partial charge >= 0.3 is 0 Å². The van der Waals surface area contributed by atoms with Gasteiger partial charge in [-0.15, -0.1) is 0 Å². The molecule has 0 aliphatic carbocycles. The van der Waals surface area contributed by atoms with Gasteiger partial charge in [-0.1, -0.05) is 55.8 Å². The first-order chi connectivity index (χ1) is 12.4. The highest BCUT2D eigenvalue weighted by molar-refractivity contribution is 7.99. The summed E-state index contributed by atoms with van der Waals surface area (Å²) in [6.45, 7) is 5.94. The third-order valence-corrected chi connectivity index (χ3v) is 6.60. The van der Waals surface area contributed by atoms with E-state index < -0.39 is 0 Å². The van der Waals surface area contributed by atoms with E-state index in [4.69, 9.17) is 0 Å². The van der Waals surface area contributed by atoms with Gasteiger partial charge in [0.25, 0.3) is 0 Å². The van der Waals surface area contributed by atoms with Gasteiger partial charge in [0.05, 0.1) is 11.4 Å². The summed E-state index contributed by atoms with van der Waals surface area (Å²) in [4.78, 5) is 8.10. The summed E-state index contributed by atoms with van der Waals surface area (Å²) in [5.41, 5.74) is 2.76. The van der Waals surface area contributed by atoms with Crippen molar-refractivity contribution in [3.63, 3.8) is 0 Å². The summed E-state index contributed by atoms with van der Waals surface area (Å²) in [6, 6.07) is 18.4. The molecule has 0 bridgehead atoms. The van der Waals surface area contributed by atoms with Crippen LogP contribution < -0.4 is 4.90 Å². The van der Waals surface area contributed by atoms with E-state index >= 15 is 0 Å². The lowest BCUT2D eigenvalue weighted by atomic mass is 10.0. The second-order valence-corrected chi connectivity index (χ2v) is 8.27. The molecule has 1 unspecified atom stereocenters. The lowest BCUT2D eigenvalue weighted by Crippen LogP contribution is -2.46. The fourth-order valence-electron chi connectivity index (χ4n) is 4.11. The van der Waals surface area contributed by atoms with Crippen molar-refractivity contribution < 1.29 is 0 Å². The van der Waals surface area contributed by atoms with Gasteiger partial charge in [0.15, 0.2) is 0 Å². The highest BCUT2D eigenvalue weighted by atomic mass is 32.2. The normalized spacial score (nSPS) is 20.2. The number of anilines is 2. The van der Waals surface area contributed by atoms with E-state index in [2.05, 4.69) is 65.3 Å². The first-order valence-corrected chi connectivity index (χ1v) is 10.6. The average molecular weight is 353 g/mol. The predicted octanol–water partition coefficient (Wildman–Crippen LogP) is 5.94. The number of hydrogen-bond donors (Lipinski definition) is 0. The van der Waals surface area contributed by atoms with Crippen LogP contribution in [0.4, 0.5) is 11.4 Å². The van der Waals surface area contributed by atoms with Gasteiger partial charge in [0.2, 0.25) is 0 Å². The van der Waals surface area contributed by atoms with E-state index in [9.17, 15) is 0 Å². The van der Waals surface area contributed by atoms with Crippen LogP contribution in [0.1, 0.15) is 39.0 Å². The van der Waals surface area contributed by atoms with Crippen LogP contribution in [-0.4, -0.2) is 30.6 Å². The Hall–Kier alpha value is -1.45. The number of piperidine rings is 1. The topological polar surface area (TPSA) is 6.48 Å². The van der Waals surface area contributed by atoms with Crippen LogP contribution >= 0.6 is 11.8 Å². The zero-order chi connectivity index (χ0) is 17.1. The van der Waals surface area contributed by atoms with Crippen molar-refractivity contribution in [1.29, 1.82) is 0 Å². The minimum atomic E-state index is 0.671. The molecule has 4 rings (SSSR count). The molecular formula is C22H28N2S. The van der Waals surface area contributed by atoms with Crippen LogP contribution in [0.5, 0.6) is 0 Å². The lowest BCUT2D eigenvalue weighted by molar-refractivity contribution is 0.150. The van der Waals surface area contributed by atoms with E-state index in [1.807, 2.05) is 11.8 Å². The summed E-state index contributed by atoms with van der Waals surface area (Å²) in [5, 5.41) is 0. The smallest absolute Gasteiger partial charge is 0.0553 e. The number of likely N-dealkylation sites (tertiary alicyclic amines) is 1. The SMILES string of the molecule is CCCCN1CCCCC1CN1c2ccccc2Sc2ccccc21. The van der Waals surface area contributed by atoms with Crippen LogP contribution in [0, 0.1) is 0 Å². The van der Waals surface area contributed by atoms with E-state index in [-0.39, 0.29) is 0 Å². The van der Waals surface area contributed by atoms with Crippen LogP contribution in [0.25, 0.3) is 0 Å². The predicted molar refractivity (Wildman–Crippen MR) is 108 cm³/mol. The van der Waals surface area contributed by atoms with Gasteiger partial charge in [-0.05, 0) is 56.6 Å². The molecule has 2 heterocycles. The Morgan fingerprint density at radius 2 is 1.64 bits per heavy atom. The first-order valence-electron chi connectivity index (χ1n) is 9.74. The number of unbranched alkanes of at least 4 members (excludes halogenated alkanes) is 1. The van der Waals surface area contributed by atoms with Crippen molar-refractivity contribution in [2.45, 2.75) is 54.9 Å². The van der Waals surface area contributed by atoms with Gasteiger partial charge in [-0.3, -0.25) is 4.90 Å². The fraction of sp³-hybridized carbons (Fsp3) is 0.455. The second kappa shape index (κ2) is 7.84. The molecule has 2 aromatic carbocycles. The van der Waals surface area contributed by atoms with Crippen molar-refractivity contribution in [1.82, 2.24) is 4.90 Å². The third-order valence-electron chi connectivity index (χ3n) is 5.47. The number of rotatable bonds is 5. The standard InChI is InChI=1S/C22H28N2S/c1-2-3-15-23-16-9-8-10-18(23)17-24-19-11-4-6-13-21(19)25-22-14-7-5-12-20(22)24/h4-7,11-14,18H,2-3,8-10,15-17H2,1H3. The van der Waals surface area contributed by atoms with E-state index in [0.29, 0.717) is 6.04 Å². The Morgan fingerprint density at radius 1 is 0.960 bits per heavy atom. The first kappa shape index (κ1) is 17.0. The van der Waals surface area contributed by atoms with Gasteiger partial charge in [-0.2, -0.15) is 0 Å². The molecule has 0 N–H and O–H groups in total. The Labute approximate surface area is 156 Å². The zero-order valence-corrected chi connectivity index (χ0v) is 16.0. The third kappa shape index (κ3) is 3.58. The van der Waals surface area contributed by atoms with Gasteiger partial charge in [-0.25, -0.2) is 0 Å². The molecule has 2 aliphatic heterocycles. The Kier molecular flexibility index (Phi) is 5.33. The lowest BCUT2D eigenvalue weighted by Gasteiger charge is -2.41. The summed E-state index contributed by atoms with van der Waals surface area (Å²) in [5.74, 6) is 0. The molecule has 0 saturated carbocycles. The van der Waals surface area contributed by atoms with Crippen LogP contribution in [0.3, 0.4) is 0 Å². The van der Waals surface area contributed by atoms with Crippen molar-refractivity contribution in [3.8, 4) is 0 Å². The summed E-state index contributed by atoms with van der Waals surface area (Å²) >= 11 is 1.91. The molecule has 1 atom stereocenters. The quantitative estimate of drug-likeness (QED) is 0.657. The minimum absolute atomic E-state index is 0.671. The largest absolute Gasteiger partial charge is 0.338 e. The number of para-hydroxylation sites is 2. The zero-order valence-electron chi connectivity index (χ0n) is 15.2. The molecule has 132 valence electrons. The molecule has 2 aliphatic rings. The summed E-state index contributed by atoms with van der Waals surface area (Å²) < 4.78 is 0. The second-order valence-electron chi connectivity index (χ2n) is 7.19. The van der Waals surface area contributed by atoms with Crippen LogP contribution in [0.15, 0.2) is 58.3 Å². The Bertz CT molecular complexity index is 669. The maximum atomic E-state index is 2.75. The van der Waals surface area contributed by atoms with E-state index in [0.717, 1.165) is 6.54 Å². The van der Waals surface area contributed by atoms with Crippen molar-refractivity contribution in [3.05, 3.63) is 48.5 Å². The van der Waals surface area contributed by atoms with Crippen LogP contribution in [-0.2, 0) is 0 Å². The average Bonchev–Trinajstić information content (AvgIpc) is 2.67. The highest BCUT2D eigenvalue weighted by Crippen LogP contribution is 2.48. The minimum Gasteiger partial charge on any atom is -0.338 e. The Balaban J connectivity index is 1.63. The molecule has 2 aromatic rings. The van der Waals surface area contributed by atoms with Gasteiger partial charge in [0.1, 0.15) is 0 Å². The van der Waals surface area contributed by atoms with E-state index in [1.165, 1.54) is 66.4 Å². The van der Waals surface area contributed by atoms with Crippen molar-refractivity contribution in [2.24, 2.45) is 0 Å². The molecule has 2 nitrogen and oxygen atoms in total. The maximum Gasteiger partial charge on any atom is 0.0553 e. The van der Waals surface area contributed by atoms with Gasteiger partial charge < -0.3 is 4.90 Å². The molecule has 0 radical (unpaired) electrons. The van der Waals surface area contributed by atoms with Crippen molar-refractivity contribution in [2.75, 3.05) is 24.5 Å². The fourth-order valence-corrected chi connectivity index (χ4v) is 5.21. The summed E-state index contributed by atoms with van der Waals surface area (Å²) in [6.07, 6.45) is 6.68. The number of fused-ring (bicyclic) bond motifs is 2. The molecule has 0 spiro atoms. The molecule has 1 fully saturated rings. The van der Waals surface area contributed by atoms with Crippen molar-refractivity contribution >= 4 is 23.1 Å². The molecular weight excluding hydrogens is 324 g/mol. The highest BCUT2D eigenvalue weighted by Gasteiger charge is 2.29. The number of benzene rings is 2. The molecule has 0 aromatic heterocycles. The monoisotopic (exact) mass is 352 g/mol.